The van der Waals surface area contributed by atoms with Crippen LogP contribution in [0.25, 0.3) is 0 Å². The quantitative estimate of drug-likeness (QED) is 0.645. The van der Waals surface area contributed by atoms with Crippen LogP contribution in [0.5, 0.6) is 0 Å². The number of hydrogen-bond acceptors (Lipinski definition) is 3. The van der Waals surface area contributed by atoms with E-state index in [2.05, 4.69) is 15.6 Å². The van der Waals surface area contributed by atoms with E-state index in [9.17, 15) is 18.0 Å². The lowest BCUT2D eigenvalue weighted by Crippen LogP contribution is -2.12. The molecule has 3 rings (SSSR count). The molecule has 2 N–H and O–H groups in total. The number of anilines is 3. The van der Waals surface area contributed by atoms with Crippen molar-refractivity contribution in [3.05, 3.63) is 83.6 Å². The van der Waals surface area contributed by atoms with Gasteiger partial charge in [-0.05, 0) is 43.3 Å². The van der Waals surface area contributed by atoms with Crippen LogP contribution in [0, 0.1) is 6.92 Å². The molecule has 0 saturated heterocycles. The number of para-hydroxylation sites is 1. The standard InChI is InChI=1S/C20H16F3N3O/c1-13-6-8-14(9-7-13)19(27)25-15-10-11-18(24-12-15)26-17-5-3-2-4-16(17)20(21,22)23/h2-12H,1H3,(H,24,26)(H,25,27). The molecule has 0 aliphatic heterocycles. The normalized spacial score (nSPS) is 11.1. The minimum atomic E-state index is -4.47. The second-order valence-corrected chi connectivity index (χ2v) is 5.92. The van der Waals surface area contributed by atoms with E-state index >= 15 is 0 Å². The first-order valence-corrected chi connectivity index (χ1v) is 8.10. The average molecular weight is 371 g/mol. The van der Waals surface area contributed by atoms with Gasteiger partial charge in [0.15, 0.2) is 0 Å². The summed E-state index contributed by atoms with van der Waals surface area (Å²) in [5.41, 5.74) is 1.12. The molecule has 138 valence electrons. The van der Waals surface area contributed by atoms with Crippen molar-refractivity contribution in [2.24, 2.45) is 0 Å². The second kappa shape index (κ2) is 7.49. The number of amides is 1. The number of alkyl halides is 3. The van der Waals surface area contributed by atoms with Gasteiger partial charge >= 0.3 is 6.18 Å². The third-order valence-corrected chi connectivity index (χ3v) is 3.83. The topological polar surface area (TPSA) is 54.0 Å². The number of nitrogens with zero attached hydrogens (tertiary/aromatic N) is 1. The van der Waals surface area contributed by atoms with Gasteiger partial charge in [-0.3, -0.25) is 4.79 Å². The smallest absolute Gasteiger partial charge is 0.340 e. The molecule has 1 amide bonds. The lowest BCUT2D eigenvalue weighted by Gasteiger charge is -2.14. The number of aryl methyl sites for hydroxylation is 1. The minimum Gasteiger partial charge on any atom is -0.340 e. The molecule has 0 saturated carbocycles. The predicted octanol–water partition coefficient (Wildman–Crippen LogP) is 5.40. The number of halogens is 3. The third kappa shape index (κ3) is 4.63. The average Bonchev–Trinajstić information content (AvgIpc) is 2.63. The lowest BCUT2D eigenvalue weighted by atomic mass is 10.1. The number of rotatable bonds is 4. The Kier molecular flexibility index (Phi) is 5.12. The summed E-state index contributed by atoms with van der Waals surface area (Å²) in [7, 11) is 0. The molecule has 7 heteroatoms. The van der Waals surface area contributed by atoms with Crippen molar-refractivity contribution < 1.29 is 18.0 Å². The summed E-state index contributed by atoms with van der Waals surface area (Å²) in [5.74, 6) is -0.0556. The molecule has 1 heterocycles. The van der Waals surface area contributed by atoms with E-state index in [0.29, 0.717) is 11.3 Å². The first-order valence-electron chi connectivity index (χ1n) is 8.10. The van der Waals surface area contributed by atoms with Gasteiger partial charge in [0.2, 0.25) is 0 Å². The monoisotopic (exact) mass is 371 g/mol. The van der Waals surface area contributed by atoms with Crippen LogP contribution in [-0.4, -0.2) is 10.9 Å². The Labute approximate surface area is 154 Å². The summed E-state index contributed by atoms with van der Waals surface area (Å²) in [4.78, 5) is 16.2. The van der Waals surface area contributed by atoms with Crippen molar-refractivity contribution >= 4 is 23.1 Å². The molecule has 0 spiro atoms. The van der Waals surface area contributed by atoms with E-state index in [1.165, 1.54) is 30.5 Å². The second-order valence-electron chi connectivity index (χ2n) is 5.92. The maximum atomic E-state index is 13.0. The van der Waals surface area contributed by atoms with Crippen LogP contribution < -0.4 is 10.6 Å². The van der Waals surface area contributed by atoms with Gasteiger partial charge in [0, 0.05) is 5.56 Å². The van der Waals surface area contributed by atoms with Crippen LogP contribution in [0.2, 0.25) is 0 Å². The first-order chi connectivity index (χ1) is 12.8. The molecular weight excluding hydrogens is 355 g/mol. The highest BCUT2D eigenvalue weighted by molar-refractivity contribution is 6.04. The molecule has 0 unspecified atom stereocenters. The number of hydrogen-bond donors (Lipinski definition) is 2. The summed E-state index contributed by atoms with van der Waals surface area (Å²) in [5, 5.41) is 5.35. The van der Waals surface area contributed by atoms with Crippen molar-refractivity contribution in [3.63, 3.8) is 0 Å². The van der Waals surface area contributed by atoms with E-state index in [1.807, 2.05) is 19.1 Å². The number of nitrogens with one attached hydrogen (secondary N) is 2. The molecule has 0 atom stereocenters. The summed E-state index contributed by atoms with van der Waals surface area (Å²) < 4.78 is 39.1. The van der Waals surface area contributed by atoms with Crippen LogP contribution in [-0.2, 0) is 6.18 Å². The van der Waals surface area contributed by atoms with E-state index in [-0.39, 0.29) is 17.4 Å². The van der Waals surface area contributed by atoms with Crippen molar-refractivity contribution in [3.8, 4) is 0 Å². The molecule has 1 aromatic heterocycles. The van der Waals surface area contributed by atoms with Crippen molar-refractivity contribution in [1.82, 2.24) is 4.98 Å². The first kappa shape index (κ1) is 18.4. The van der Waals surface area contributed by atoms with Gasteiger partial charge in [-0.1, -0.05) is 29.8 Å². The fourth-order valence-corrected chi connectivity index (χ4v) is 2.43. The summed E-state index contributed by atoms with van der Waals surface area (Å²) in [6.45, 7) is 1.92. The van der Waals surface area contributed by atoms with Gasteiger partial charge < -0.3 is 10.6 Å². The SMILES string of the molecule is Cc1ccc(C(=O)Nc2ccc(Nc3ccccc3C(F)(F)F)nc2)cc1. The Morgan fingerprint density at radius 2 is 1.67 bits per heavy atom. The Morgan fingerprint density at radius 1 is 0.963 bits per heavy atom. The molecule has 2 aromatic carbocycles. The van der Waals surface area contributed by atoms with Crippen LogP contribution in [0.4, 0.5) is 30.4 Å². The van der Waals surface area contributed by atoms with Gasteiger partial charge in [-0.25, -0.2) is 4.98 Å². The van der Waals surface area contributed by atoms with E-state index < -0.39 is 11.7 Å². The Hall–Kier alpha value is -3.35. The van der Waals surface area contributed by atoms with Crippen LogP contribution in [0.15, 0.2) is 66.9 Å². The zero-order valence-corrected chi connectivity index (χ0v) is 14.3. The van der Waals surface area contributed by atoms with Crippen molar-refractivity contribution in [2.45, 2.75) is 13.1 Å². The van der Waals surface area contributed by atoms with E-state index in [4.69, 9.17) is 0 Å². The zero-order chi connectivity index (χ0) is 19.4. The van der Waals surface area contributed by atoms with Gasteiger partial charge in [0.05, 0.1) is 23.1 Å². The number of carbonyl (C=O) groups excluding carboxylic acids is 1. The number of benzene rings is 2. The maximum Gasteiger partial charge on any atom is 0.418 e. The molecule has 27 heavy (non-hydrogen) atoms. The Balaban J connectivity index is 1.71. The largest absolute Gasteiger partial charge is 0.418 e. The fourth-order valence-electron chi connectivity index (χ4n) is 2.43. The molecular formula is C20H16F3N3O. The molecule has 0 radical (unpaired) electrons. The Bertz CT molecular complexity index is 936. The minimum absolute atomic E-state index is 0.0889. The summed E-state index contributed by atoms with van der Waals surface area (Å²) in [6.07, 6.45) is -3.09. The summed E-state index contributed by atoms with van der Waals surface area (Å²) in [6, 6.07) is 15.3. The molecule has 0 fully saturated rings. The highest BCUT2D eigenvalue weighted by atomic mass is 19.4. The maximum absolute atomic E-state index is 13.0. The molecule has 0 aliphatic carbocycles. The van der Waals surface area contributed by atoms with Gasteiger partial charge in [0.1, 0.15) is 5.82 Å². The molecule has 0 bridgehead atoms. The van der Waals surface area contributed by atoms with Crippen molar-refractivity contribution in [2.75, 3.05) is 10.6 Å². The van der Waals surface area contributed by atoms with Crippen LogP contribution >= 0.6 is 0 Å². The highest BCUT2D eigenvalue weighted by Gasteiger charge is 2.33. The fraction of sp³-hybridized carbons (Fsp3) is 0.100. The van der Waals surface area contributed by atoms with E-state index in [0.717, 1.165) is 11.6 Å². The van der Waals surface area contributed by atoms with Gasteiger partial charge in [0.25, 0.3) is 5.91 Å². The highest BCUT2D eigenvalue weighted by Crippen LogP contribution is 2.35. The number of aromatic nitrogens is 1. The molecule has 0 aliphatic rings. The number of carbonyl (C=O) groups is 1. The zero-order valence-electron chi connectivity index (χ0n) is 14.3. The van der Waals surface area contributed by atoms with Gasteiger partial charge in [-0.2, -0.15) is 13.2 Å². The molecule has 3 aromatic rings. The number of pyridine rings is 1. The lowest BCUT2D eigenvalue weighted by molar-refractivity contribution is -0.136. The van der Waals surface area contributed by atoms with Crippen LogP contribution in [0.3, 0.4) is 0 Å². The van der Waals surface area contributed by atoms with Crippen molar-refractivity contribution in [1.29, 1.82) is 0 Å². The predicted molar refractivity (Wildman–Crippen MR) is 98.1 cm³/mol. The summed E-state index contributed by atoms with van der Waals surface area (Å²) >= 11 is 0. The van der Waals surface area contributed by atoms with Gasteiger partial charge in [-0.15, -0.1) is 0 Å². The third-order valence-electron chi connectivity index (χ3n) is 3.83. The molecule has 4 nitrogen and oxygen atoms in total. The van der Waals surface area contributed by atoms with Crippen LogP contribution in [0.1, 0.15) is 21.5 Å². The van der Waals surface area contributed by atoms with E-state index in [1.54, 1.807) is 18.2 Å². The Morgan fingerprint density at radius 3 is 2.30 bits per heavy atom.